The number of thioether (sulfide) groups is 1. The second-order valence-corrected chi connectivity index (χ2v) is 6.40. The van der Waals surface area contributed by atoms with Crippen molar-refractivity contribution >= 4 is 23.6 Å². The topological polar surface area (TPSA) is 58.6 Å². The van der Waals surface area contributed by atoms with Crippen LogP contribution < -0.4 is 5.48 Å². The van der Waals surface area contributed by atoms with Gasteiger partial charge in [-0.25, -0.2) is 5.48 Å². The molecule has 0 bridgehead atoms. The van der Waals surface area contributed by atoms with E-state index in [1.807, 2.05) is 48.5 Å². The third-order valence-electron chi connectivity index (χ3n) is 3.72. The molecule has 0 unspecified atom stereocenters. The molecule has 3 rings (SSSR count). The van der Waals surface area contributed by atoms with Crippen LogP contribution in [0.15, 0.2) is 60.7 Å². The van der Waals surface area contributed by atoms with Gasteiger partial charge in [0.05, 0.1) is 12.5 Å². The van der Waals surface area contributed by atoms with E-state index < -0.39 is 6.04 Å². The van der Waals surface area contributed by atoms with Crippen LogP contribution in [0.2, 0.25) is 0 Å². The van der Waals surface area contributed by atoms with E-state index in [9.17, 15) is 9.59 Å². The van der Waals surface area contributed by atoms with Crippen LogP contribution in [0.25, 0.3) is 0 Å². The lowest BCUT2D eigenvalue weighted by Gasteiger charge is -2.22. The van der Waals surface area contributed by atoms with Gasteiger partial charge in [-0.05, 0) is 17.7 Å². The molecular formula is C18H18N2O3S. The SMILES string of the molecule is O=C(NOCc1ccccc1)[C@@H]1CSCN1C(=O)c1ccccc1. The van der Waals surface area contributed by atoms with E-state index in [1.165, 1.54) is 0 Å². The first-order valence-corrected chi connectivity index (χ1v) is 8.80. The number of amides is 2. The molecule has 0 aliphatic carbocycles. The molecule has 1 heterocycles. The summed E-state index contributed by atoms with van der Waals surface area (Å²) in [4.78, 5) is 31.8. The molecule has 24 heavy (non-hydrogen) atoms. The molecular weight excluding hydrogens is 324 g/mol. The molecule has 0 radical (unpaired) electrons. The lowest BCUT2D eigenvalue weighted by atomic mass is 10.2. The molecule has 1 fully saturated rings. The van der Waals surface area contributed by atoms with E-state index in [-0.39, 0.29) is 11.8 Å². The molecule has 1 saturated heterocycles. The highest BCUT2D eigenvalue weighted by Gasteiger charge is 2.35. The highest BCUT2D eigenvalue weighted by molar-refractivity contribution is 7.99. The minimum absolute atomic E-state index is 0.135. The fourth-order valence-corrected chi connectivity index (χ4v) is 3.59. The van der Waals surface area contributed by atoms with Crippen molar-refractivity contribution in [3.05, 3.63) is 71.8 Å². The van der Waals surface area contributed by atoms with Crippen molar-refractivity contribution < 1.29 is 14.4 Å². The van der Waals surface area contributed by atoms with E-state index in [2.05, 4.69) is 5.48 Å². The highest BCUT2D eigenvalue weighted by Crippen LogP contribution is 2.23. The molecule has 1 aliphatic rings. The van der Waals surface area contributed by atoms with Crippen LogP contribution >= 0.6 is 11.8 Å². The molecule has 0 aromatic heterocycles. The third-order valence-corrected chi connectivity index (χ3v) is 4.73. The summed E-state index contributed by atoms with van der Waals surface area (Å²) < 4.78 is 0. The molecule has 0 spiro atoms. The van der Waals surface area contributed by atoms with Crippen LogP contribution in [0.1, 0.15) is 15.9 Å². The van der Waals surface area contributed by atoms with Gasteiger partial charge in [-0.1, -0.05) is 48.5 Å². The third kappa shape index (κ3) is 3.96. The predicted molar refractivity (Wildman–Crippen MR) is 93.1 cm³/mol. The van der Waals surface area contributed by atoms with Crippen molar-refractivity contribution in [3.63, 3.8) is 0 Å². The highest BCUT2D eigenvalue weighted by atomic mass is 32.2. The first-order chi connectivity index (χ1) is 11.8. The summed E-state index contributed by atoms with van der Waals surface area (Å²) in [6, 6.07) is 18.1. The molecule has 0 saturated carbocycles. The maximum absolute atomic E-state index is 12.5. The van der Waals surface area contributed by atoms with Crippen LogP contribution in [0, 0.1) is 0 Å². The fourth-order valence-electron chi connectivity index (χ4n) is 2.44. The normalized spacial score (nSPS) is 16.8. The zero-order valence-electron chi connectivity index (χ0n) is 13.1. The smallest absolute Gasteiger partial charge is 0.267 e. The van der Waals surface area contributed by atoms with Gasteiger partial charge in [0.25, 0.3) is 11.8 Å². The average Bonchev–Trinajstić information content (AvgIpc) is 3.12. The Morgan fingerprint density at radius 2 is 1.75 bits per heavy atom. The summed E-state index contributed by atoms with van der Waals surface area (Å²) in [5.74, 6) is 0.646. The Bertz CT molecular complexity index is 694. The molecule has 6 heteroatoms. The first kappa shape index (κ1) is 16.5. The molecule has 1 N–H and O–H groups in total. The van der Waals surface area contributed by atoms with Gasteiger partial charge in [0.15, 0.2) is 0 Å². The van der Waals surface area contributed by atoms with E-state index in [1.54, 1.807) is 28.8 Å². The first-order valence-electron chi connectivity index (χ1n) is 7.65. The van der Waals surface area contributed by atoms with Crippen molar-refractivity contribution in [1.29, 1.82) is 0 Å². The van der Waals surface area contributed by atoms with Crippen molar-refractivity contribution in [2.75, 3.05) is 11.6 Å². The number of carbonyl (C=O) groups is 2. The zero-order chi connectivity index (χ0) is 16.8. The van der Waals surface area contributed by atoms with Crippen LogP contribution in [-0.2, 0) is 16.2 Å². The fraction of sp³-hybridized carbons (Fsp3) is 0.222. The van der Waals surface area contributed by atoms with Crippen molar-refractivity contribution in [2.24, 2.45) is 0 Å². The standard InChI is InChI=1S/C18H18N2O3S/c21-17(19-23-11-14-7-3-1-4-8-14)16-12-24-13-20(16)18(22)15-9-5-2-6-10-15/h1-10,16H,11-13H2,(H,19,21)/t16-/m0/s1. The largest absolute Gasteiger partial charge is 0.316 e. The number of hydrogen-bond acceptors (Lipinski definition) is 4. The second-order valence-electron chi connectivity index (χ2n) is 5.40. The Morgan fingerprint density at radius 3 is 2.46 bits per heavy atom. The van der Waals surface area contributed by atoms with Crippen LogP contribution in [-0.4, -0.2) is 34.4 Å². The number of nitrogens with zero attached hydrogens (tertiary/aromatic N) is 1. The second kappa shape index (κ2) is 7.99. The Labute approximate surface area is 144 Å². The van der Waals surface area contributed by atoms with Crippen molar-refractivity contribution in [1.82, 2.24) is 10.4 Å². The number of benzene rings is 2. The van der Waals surface area contributed by atoms with Gasteiger partial charge >= 0.3 is 0 Å². The summed E-state index contributed by atoms with van der Waals surface area (Å²) >= 11 is 1.56. The summed E-state index contributed by atoms with van der Waals surface area (Å²) in [5, 5.41) is 0. The average molecular weight is 342 g/mol. The number of rotatable bonds is 5. The molecule has 124 valence electrons. The minimum atomic E-state index is -0.515. The molecule has 1 atom stereocenters. The quantitative estimate of drug-likeness (QED) is 0.848. The molecule has 2 aromatic rings. The van der Waals surface area contributed by atoms with Gasteiger partial charge in [0.1, 0.15) is 6.04 Å². The molecule has 2 amide bonds. The summed E-state index contributed by atoms with van der Waals surface area (Å²) in [5.41, 5.74) is 4.02. The van der Waals surface area contributed by atoms with E-state index in [0.717, 1.165) is 5.56 Å². The zero-order valence-corrected chi connectivity index (χ0v) is 13.9. The number of hydroxylamine groups is 1. The summed E-state index contributed by atoms with van der Waals surface area (Å²) in [6.07, 6.45) is 0. The molecule has 5 nitrogen and oxygen atoms in total. The Kier molecular flexibility index (Phi) is 5.51. The Hall–Kier alpha value is -2.31. The molecule has 1 aliphatic heterocycles. The minimum Gasteiger partial charge on any atom is -0.316 e. The van der Waals surface area contributed by atoms with Gasteiger partial charge in [-0.3, -0.25) is 14.4 Å². The Morgan fingerprint density at radius 1 is 1.08 bits per heavy atom. The molecule has 2 aromatic carbocycles. The van der Waals surface area contributed by atoms with E-state index in [4.69, 9.17) is 4.84 Å². The van der Waals surface area contributed by atoms with Gasteiger partial charge in [0, 0.05) is 11.3 Å². The number of nitrogens with one attached hydrogen (secondary N) is 1. The van der Waals surface area contributed by atoms with Gasteiger partial charge in [0.2, 0.25) is 0 Å². The predicted octanol–water partition coefficient (Wildman–Crippen LogP) is 2.45. The van der Waals surface area contributed by atoms with Crippen LogP contribution in [0.3, 0.4) is 0 Å². The van der Waals surface area contributed by atoms with Gasteiger partial charge < -0.3 is 4.90 Å². The summed E-state index contributed by atoms with van der Waals surface area (Å²) in [7, 11) is 0. The lowest BCUT2D eigenvalue weighted by Crippen LogP contribution is -2.47. The van der Waals surface area contributed by atoms with Gasteiger partial charge in [-0.15, -0.1) is 11.8 Å². The number of hydrogen-bond donors (Lipinski definition) is 1. The van der Waals surface area contributed by atoms with Crippen LogP contribution in [0.5, 0.6) is 0 Å². The maximum Gasteiger partial charge on any atom is 0.267 e. The van der Waals surface area contributed by atoms with Crippen molar-refractivity contribution in [3.8, 4) is 0 Å². The summed E-state index contributed by atoms with van der Waals surface area (Å²) in [6.45, 7) is 0.291. The van der Waals surface area contributed by atoms with Crippen molar-refractivity contribution in [2.45, 2.75) is 12.6 Å². The van der Waals surface area contributed by atoms with Crippen LogP contribution in [0.4, 0.5) is 0 Å². The Balaban J connectivity index is 1.56. The number of carbonyl (C=O) groups excluding carboxylic acids is 2. The van der Waals surface area contributed by atoms with Gasteiger partial charge in [-0.2, -0.15) is 0 Å². The van der Waals surface area contributed by atoms with E-state index in [0.29, 0.717) is 23.8 Å². The lowest BCUT2D eigenvalue weighted by molar-refractivity contribution is -0.138. The maximum atomic E-state index is 12.5. The van der Waals surface area contributed by atoms with E-state index >= 15 is 0 Å². The monoisotopic (exact) mass is 342 g/mol.